The summed E-state index contributed by atoms with van der Waals surface area (Å²) in [7, 11) is 0. The molecule has 0 radical (unpaired) electrons. The molecule has 192 valence electrons. The van der Waals surface area contributed by atoms with Crippen molar-refractivity contribution >= 4 is 29.4 Å². The van der Waals surface area contributed by atoms with Crippen LogP contribution >= 0.6 is 11.6 Å². The van der Waals surface area contributed by atoms with Gasteiger partial charge in [0, 0.05) is 34.1 Å². The summed E-state index contributed by atoms with van der Waals surface area (Å²) in [5.41, 5.74) is 4.00. The van der Waals surface area contributed by atoms with Crippen molar-refractivity contribution in [2.24, 2.45) is 0 Å². The first-order chi connectivity index (χ1) is 18.4. The summed E-state index contributed by atoms with van der Waals surface area (Å²) in [6.45, 7) is 2.06. The minimum Gasteiger partial charge on any atom is -0.454 e. The molecule has 1 aliphatic carbocycles. The number of anilines is 1. The zero-order valence-electron chi connectivity index (χ0n) is 20.7. The number of fused-ring (bicyclic) bond motifs is 1. The molecule has 6 rings (SSSR count). The molecule has 1 fully saturated rings. The second kappa shape index (κ2) is 9.87. The van der Waals surface area contributed by atoms with E-state index in [9.17, 15) is 9.59 Å². The molecule has 2 amide bonds. The van der Waals surface area contributed by atoms with E-state index < -0.39 is 0 Å². The standard InChI is InChI=1S/C29H25ClN4O4/c1-18-2-9-23(10-3-18)34-15-24(19-4-7-21(30)8-5-19)31-29(34)32-27(35)16-33(22-11-12-22)28(36)20-6-13-25-26(14-20)38-17-37-25/h2-10,13-15,22H,11-12,16-17H2,1H3,(H,31,32,35). The summed E-state index contributed by atoms with van der Waals surface area (Å²) in [4.78, 5) is 33.0. The van der Waals surface area contributed by atoms with Gasteiger partial charge in [0.05, 0.1) is 5.69 Å². The first-order valence-electron chi connectivity index (χ1n) is 12.4. The summed E-state index contributed by atoms with van der Waals surface area (Å²) in [5, 5.41) is 3.57. The molecule has 1 saturated carbocycles. The highest BCUT2D eigenvalue weighted by molar-refractivity contribution is 6.30. The second-order valence-corrected chi connectivity index (χ2v) is 9.88. The molecule has 1 aromatic heterocycles. The van der Waals surface area contributed by atoms with Gasteiger partial charge in [0.2, 0.25) is 18.6 Å². The fourth-order valence-electron chi connectivity index (χ4n) is 4.40. The molecule has 0 saturated heterocycles. The van der Waals surface area contributed by atoms with Crippen LogP contribution in [0.15, 0.2) is 72.9 Å². The van der Waals surface area contributed by atoms with Crippen LogP contribution in [0.1, 0.15) is 28.8 Å². The number of imidazole rings is 1. The van der Waals surface area contributed by atoms with Crippen LogP contribution in [0.5, 0.6) is 11.5 Å². The highest BCUT2D eigenvalue weighted by Gasteiger charge is 2.35. The van der Waals surface area contributed by atoms with Crippen LogP contribution in [0.2, 0.25) is 5.02 Å². The molecule has 38 heavy (non-hydrogen) atoms. The van der Waals surface area contributed by atoms with Gasteiger partial charge in [-0.05, 0) is 62.2 Å². The van der Waals surface area contributed by atoms with E-state index in [1.807, 2.05) is 54.1 Å². The molecule has 1 N–H and O–H groups in total. The van der Waals surface area contributed by atoms with Crippen LogP contribution in [0.3, 0.4) is 0 Å². The lowest BCUT2D eigenvalue weighted by Crippen LogP contribution is -2.39. The number of halogens is 1. The number of hydrogen-bond acceptors (Lipinski definition) is 5. The summed E-state index contributed by atoms with van der Waals surface area (Å²) >= 11 is 6.06. The molecule has 0 unspecified atom stereocenters. The van der Waals surface area contributed by atoms with Crippen LogP contribution in [0, 0.1) is 6.92 Å². The van der Waals surface area contributed by atoms with Gasteiger partial charge in [-0.25, -0.2) is 4.98 Å². The molecule has 0 spiro atoms. The van der Waals surface area contributed by atoms with E-state index in [4.69, 9.17) is 26.1 Å². The summed E-state index contributed by atoms with van der Waals surface area (Å²) < 4.78 is 12.6. The van der Waals surface area contributed by atoms with E-state index in [1.54, 1.807) is 35.2 Å². The molecule has 0 bridgehead atoms. The van der Waals surface area contributed by atoms with Crippen molar-refractivity contribution in [2.75, 3.05) is 18.7 Å². The number of aromatic nitrogens is 2. The lowest BCUT2D eigenvalue weighted by atomic mass is 10.1. The van der Waals surface area contributed by atoms with Crippen molar-refractivity contribution in [2.45, 2.75) is 25.8 Å². The van der Waals surface area contributed by atoms with Crippen molar-refractivity contribution in [3.8, 4) is 28.4 Å². The smallest absolute Gasteiger partial charge is 0.254 e. The number of ether oxygens (including phenoxy) is 2. The van der Waals surface area contributed by atoms with Crippen molar-refractivity contribution < 1.29 is 19.1 Å². The average Bonchev–Trinajstić information content (AvgIpc) is 3.51. The van der Waals surface area contributed by atoms with E-state index in [-0.39, 0.29) is 31.2 Å². The van der Waals surface area contributed by atoms with E-state index in [0.29, 0.717) is 33.7 Å². The van der Waals surface area contributed by atoms with Crippen LogP contribution in [0.25, 0.3) is 16.9 Å². The fourth-order valence-corrected chi connectivity index (χ4v) is 4.52. The quantitative estimate of drug-likeness (QED) is 0.343. The second-order valence-electron chi connectivity index (χ2n) is 9.44. The van der Waals surface area contributed by atoms with Crippen molar-refractivity contribution in [1.29, 1.82) is 0 Å². The third-order valence-electron chi connectivity index (χ3n) is 6.59. The van der Waals surface area contributed by atoms with Gasteiger partial charge in [-0.1, -0.05) is 41.4 Å². The molecule has 2 aliphatic rings. The fraction of sp³-hybridized carbons (Fsp3) is 0.207. The first kappa shape index (κ1) is 24.1. The molecule has 3 aromatic carbocycles. The number of hydrogen-bond donors (Lipinski definition) is 1. The number of nitrogens with one attached hydrogen (secondary N) is 1. The van der Waals surface area contributed by atoms with Crippen LogP contribution in [-0.4, -0.2) is 45.6 Å². The van der Waals surface area contributed by atoms with Crippen LogP contribution in [0.4, 0.5) is 5.95 Å². The third kappa shape index (κ3) is 4.95. The van der Waals surface area contributed by atoms with Gasteiger partial charge in [-0.15, -0.1) is 0 Å². The average molecular weight is 529 g/mol. The number of aryl methyl sites for hydroxylation is 1. The Morgan fingerprint density at radius 2 is 1.76 bits per heavy atom. The van der Waals surface area contributed by atoms with Gasteiger partial charge in [0.15, 0.2) is 11.5 Å². The molecule has 0 atom stereocenters. The molecule has 9 heteroatoms. The van der Waals surface area contributed by atoms with Crippen LogP contribution in [-0.2, 0) is 4.79 Å². The monoisotopic (exact) mass is 528 g/mol. The third-order valence-corrected chi connectivity index (χ3v) is 6.84. The van der Waals surface area contributed by atoms with Crippen molar-refractivity contribution in [1.82, 2.24) is 14.5 Å². The molecule has 8 nitrogen and oxygen atoms in total. The maximum Gasteiger partial charge on any atom is 0.254 e. The van der Waals surface area contributed by atoms with E-state index in [0.717, 1.165) is 29.7 Å². The van der Waals surface area contributed by atoms with Gasteiger partial charge in [0.25, 0.3) is 5.91 Å². The normalized spacial score (nSPS) is 13.8. The maximum atomic E-state index is 13.4. The Morgan fingerprint density at radius 3 is 2.50 bits per heavy atom. The summed E-state index contributed by atoms with van der Waals surface area (Å²) in [5.74, 6) is 0.968. The lowest BCUT2D eigenvalue weighted by molar-refractivity contribution is -0.117. The highest BCUT2D eigenvalue weighted by Crippen LogP contribution is 2.34. The number of rotatable bonds is 7. The summed E-state index contributed by atoms with van der Waals surface area (Å²) in [6, 6.07) is 20.4. The SMILES string of the molecule is Cc1ccc(-n2cc(-c3ccc(Cl)cc3)nc2NC(=O)CN(C(=O)c2ccc3c(c2)OCO3)C2CC2)cc1. The van der Waals surface area contributed by atoms with Gasteiger partial charge in [-0.2, -0.15) is 0 Å². The highest BCUT2D eigenvalue weighted by atomic mass is 35.5. The molecule has 2 heterocycles. The predicted octanol–water partition coefficient (Wildman–Crippen LogP) is 5.47. The van der Waals surface area contributed by atoms with Gasteiger partial charge < -0.3 is 14.4 Å². The Balaban J connectivity index is 1.26. The number of nitrogens with zero attached hydrogens (tertiary/aromatic N) is 3. The predicted molar refractivity (Wildman–Crippen MR) is 144 cm³/mol. The first-order valence-corrected chi connectivity index (χ1v) is 12.8. The molecular formula is C29H25ClN4O4. The van der Waals surface area contributed by atoms with E-state index in [2.05, 4.69) is 5.32 Å². The van der Waals surface area contributed by atoms with Crippen LogP contribution < -0.4 is 14.8 Å². The molecule has 4 aromatic rings. The minimum absolute atomic E-state index is 0.0279. The number of amides is 2. The Bertz CT molecular complexity index is 1510. The van der Waals surface area contributed by atoms with Crippen molar-refractivity contribution in [3.63, 3.8) is 0 Å². The number of carbonyl (C=O) groups excluding carboxylic acids is 2. The maximum absolute atomic E-state index is 13.4. The zero-order chi connectivity index (χ0) is 26.2. The Morgan fingerprint density at radius 1 is 1.03 bits per heavy atom. The van der Waals surface area contributed by atoms with Crippen molar-refractivity contribution in [3.05, 3.63) is 89.1 Å². The Hall–Kier alpha value is -4.30. The Kier molecular flexibility index (Phi) is 6.25. The lowest BCUT2D eigenvalue weighted by Gasteiger charge is -2.22. The number of carbonyl (C=O) groups is 2. The molecular weight excluding hydrogens is 504 g/mol. The zero-order valence-corrected chi connectivity index (χ0v) is 21.4. The number of benzene rings is 3. The largest absolute Gasteiger partial charge is 0.454 e. The minimum atomic E-state index is -0.326. The Labute approximate surface area is 224 Å². The van der Waals surface area contributed by atoms with Gasteiger partial charge in [-0.3, -0.25) is 19.5 Å². The van der Waals surface area contributed by atoms with Gasteiger partial charge >= 0.3 is 0 Å². The van der Waals surface area contributed by atoms with E-state index >= 15 is 0 Å². The van der Waals surface area contributed by atoms with E-state index in [1.165, 1.54) is 0 Å². The molecule has 1 aliphatic heterocycles. The van der Waals surface area contributed by atoms with Gasteiger partial charge in [0.1, 0.15) is 6.54 Å². The topological polar surface area (TPSA) is 85.7 Å². The summed E-state index contributed by atoms with van der Waals surface area (Å²) in [6.07, 6.45) is 3.60.